The largest absolute Gasteiger partial charge is 0.388 e. The molecule has 1 N–H and O–H groups in total. The Labute approximate surface area is 141 Å². The number of rotatable bonds is 5. The Bertz CT molecular complexity index is 468. The number of aliphatic hydroxyl groups is 1. The van der Waals surface area contributed by atoms with Crippen molar-refractivity contribution in [3.63, 3.8) is 0 Å². The van der Waals surface area contributed by atoms with Crippen LogP contribution in [0.5, 0.6) is 0 Å². The second-order valence-electron chi connectivity index (χ2n) is 6.28. The van der Waals surface area contributed by atoms with Crippen molar-refractivity contribution in [2.45, 2.75) is 51.2 Å². The van der Waals surface area contributed by atoms with E-state index in [2.05, 4.69) is 34.8 Å². The molecule has 118 valence electrons. The fourth-order valence-electron chi connectivity index (χ4n) is 3.37. The quantitative estimate of drug-likeness (QED) is 0.780. The monoisotopic (exact) mass is 373 g/mol. The maximum absolute atomic E-state index is 10.4. The van der Waals surface area contributed by atoms with Crippen molar-refractivity contribution < 1.29 is 5.11 Å². The Kier molecular flexibility index (Phi) is 6.54. The van der Waals surface area contributed by atoms with Gasteiger partial charge in [-0.3, -0.25) is 0 Å². The minimum atomic E-state index is -0.494. The second-order valence-corrected chi connectivity index (χ2v) is 7.60. The molecule has 0 spiro atoms. The Morgan fingerprint density at radius 3 is 2.76 bits per heavy atom. The highest BCUT2D eigenvalue weighted by Gasteiger charge is 2.25. The summed E-state index contributed by atoms with van der Waals surface area (Å²) in [7, 11) is 2.18. The summed E-state index contributed by atoms with van der Waals surface area (Å²) in [6.45, 7) is 3.25. The molecule has 0 radical (unpaired) electrons. The van der Waals surface area contributed by atoms with Gasteiger partial charge in [-0.15, -0.1) is 0 Å². The van der Waals surface area contributed by atoms with Crippen LogP contribution in [0.1, 0.15) is 50.7 Å². The third-order valence-electron chi connectivity index (χ3n) is 4.71. The number of nitrogens with zero attached hydrogens (tertiary/aromatic N) is 1. The molecule has 1 aromatic rings. The van der Waals surface area contributed by atoms with Gasteiger partial charge in [-0.1, -0.05) is 53.4 Å². The molecule has 0 bridgehead atoms. The lowest BCUT2D eigenvalue weighted by molar-refractivity contribution is 0.103. The second kappa shape index (κ2) is 7.96. The molecule has 1 saturated carbocycles. The summed E-state index contributed by atoms with van der Waals surface area (Å²) in [5.74, 6) is 0.761. The van der Waals surface area contributed by atoms with Gasteiger partial charge in [0.25, 0.3) is 0 Å². The number of halogens is 2. The van der Waals surface area contributed by atoms with Crippen LogP contribution in [-0.4, -0.2) is 29.6 Å². The zero-order valence-corrected chi connectivity index (χ0v) is 15.2. The summed E-state index contributed by atoms with van der Waals surface area (Å²) in [5, 5.41) is 11.0. The minimum absolute atomic E-state index is 0.494. The lowest BCUT2D eigenvalue weighted by Crippen LogP contribution is -2.39. The third-order valence-corrected chi connectivity index (χ3v) is 5.53. The summed E-state index contributed by atoms with van der Waals surface area (Å²) >= 11 is 9.60. The molecule has 2 rings (SSSR count). The Hall–Kier alpha value is -0.0900. The number of aliphatic hydroxyl groups excluding tert-OH is 1. The molecule has 0 aliphatic heterocycles. The van der Waals surface area contributed by atoms with Gasteiger partial charge in [0.05, 0.1) is 6.10 Å². The molecule has 0 amide bonds. The molecule has 0 aromatic heterocycles. The van der Waals surface area contributed by atoms with E-state index in [1.54, 1.807) is 0 Å². The molecule has 3 unspecified atom stereocenters. The van der Waals surface area contributed by atoms with E-state index >= 15 is 0 Å². The van der Waals surface area contributed by atoms with Crippen molar-refractivity contribution in [2.75, 3.05) is 13.6 Å². The Morgan fingerprint density at radius 1 is 1.38 bits per heavy atom. The van der Waals surface area contributed by atoms with Crippen molar-refractivity contribution in [3.8, 4) is 0 Å². The van der Waals surface area contributed by atoms with E-state index in [4.69, 9.17) is 11.6 Å². The minimum Gasteiger partial charge on any atom is -0.388 e. The molecule has 21 heavy (non-hydrogen) atoms. The summed E-state index contributed by atoms with van der Waals surface area (Å²) < 4.78 is 0.941. The maximum atomic E-state index is 10.4. The molecule has 4 heteroatoms. The Balaban J connectivity index is 1.89. The zero-order chi connectivity index (χ0) is 15.4. The third kappa shape index (κ3) is 4.69. The van der Waals surface area contributed by atoms with E-state index in [1.165, 1.54) is 25.7 Å². The molecule has 1 fully saturated rings. The predicted molar refractivity (Wildman–Crippen MR) is 92.8 cm³/mol. The van der Waals surface area contributed by atoms with Gasteiger partial charge in [0.1, 0.15) is 0 Å². The lowest BCUT2D eigenvalue weighted by atomic mass is 9.85. The van der Waals surface area contributed by atoms with Gasteiger partial charge in [-0.05, 0) is 49.9 Å². The predicted octanol–water partition coefficient (Wildman–Crippen LogP) is 5.04. The van der Waals surface area contributed by atoms with Crippen LogP contribution < -0.4 is 0 Å². The topological polar surface area (TPSA) is 23.5 Å². The standard InChI is InChI=1S/C17H25BrClNO/c1-12-5-3-4-6-16(12)20(2)10-9-17(21)14-8-7-13(18)11-15(14)19/h7-8,11-12,16-17,21H,3-6,9-10H2,1-2H3. The van der Waals surface area contributed by atoms with E-state index in [0.29, 0.717) is 11.1 Å². The normalized spacial score (nSPS) is 24.3. The molecular weight excluding hydrogens is 350 g/mol. The van der Waals surface area contributed by atoms with Gasteiger partial charge in [0.15, 0.2) is 0 Å². The van der Waals surface area contributed by atoms with E-state index < -0.39 is 6.10 Å². The molecule has 3 atom stereocenters. The van der Waals surface area contributed by atoms with Crippen LogP contribution in [0.25, 0.3) is 0 Å². The summed E-state index contributed by atoms with van der Waals surface area (Å²) in [4.78, 5) is 2.42. The smallest absolute Gasteiger partial charge is 0.0816 e. The van der Waals surface area contributed by atoms with Gasteiger partial charge in [0, 0.05) is 22.1 Å². The first-order chi connectivity index (χ1) is 9.99. The highest BCUT2D eigenvalue weighted by molar-refractivity contribution is 9.10. The van der Waals surface area contributed by atoms with E-state index in [-0.39, 0.29) is 0 Å². The average molecular weight is 375 g/mol. The van der Waals surface area contributed by atoms with Gasteiger partial charge in [-0.2, -0.15) is 0 Å². The van der Waals surface area contributed by atoms with Crippen LogP contribution in [-0.2, 0) is 0 Å². The summed E-state index contributed by atoms with van der Waals surface area (Å²) in [6, 6.07) is 6.33. The molecule has 0 heterocycles. The van der Waals surface area contributed by atoms with Crippen LogP contribution in [0.15, 0.2) is 22.7 Å². The summed E-state index contributed by atoms with van der Waals surface area (Å²) in [5.41, 5.74) is 0.824. The first-order valence-electron chi connectivity index (χ1n) is 7.82. The highest BCUT2D eigenvalue weighted by atomic mass is 79.9. The van der Waals surface area contributed by atoms with Crippen molar-refractivity contribution in [1.82, 2.24) is 4.90 Å². The first kappa shape index (κ1) is 17.3. The molecule has 1 aliphatic carbocycles. The zero-order valence-electron chi connectivity index (χ0n) is 12.9. The van der Waals surface area contributed by atoms with Crippen molar-refractivity contribution in [1.29, 1.82) is 0 Å². The fourth-order valence-corrected chi connectivity index (χ4v) is 4.17. The molecule has 1 aromatic carbocycles. The highest BCUT2D eigenvalue weighted by Crippen LogP contribution is 2.30. The number of hydrogen-bond donors (Lipinski definition) is 1. The van der Waals surface area contributed by atoms with Crippen molar-refractivity contribution >= 4 is 27.5 Å². The SMILES string of the molecule is CC1CCCCC1N(C)CCC(O)c1ccc(Br)cc1Cl. The molecule has 0 saturated heterocycles. The Morgan fingerprint density at radius 2 is 2.10 bits per heavy atom. The molecule has 2 nitrogen and oxygen atoms in total. The van der Waals surface area contributed by atoms with Gasteiger partial charge >= 0.3 is 0 Å². The van der Waals surface area contributed by atoms with Gasteiger partial charge < -0.3 is 10.0 Å². The van der Waals surface area contributed by atoms with E-state index in [0.717, 1.165) is 28.9 Å². The van der Waals surface area contributed by atoms with Crippen LogP contribution in [0.4, 0.5) is 0 Å². The van der Waals surface area contributed by atoms with Crippen molar-refractivity contribution in [2.24, 2.45) is 5.92 Å². The first-order valence-corrected chi connectivity index (χ1v) is 8.99. The van der Waals surface area contributed by atoms with Crippen LogP contribution in [0.3, 0.4) is 0 Å². The van der Waals surface area contributed by atoms with Crippen LogP contribution >= 0.6 is 27.5 Å². The van der Waals surface area contributed by atoms with Crippen LogP contribution in [0, 0.1) is 5.92 Å². The van der Waals surface area contributed by atoms with E-state index in [1.807, 2.05) is 18.2 Å². The van der Waals surface area contributed by atoms with E-state index in [9.17, 15) is 5.11 Å². The maximum Gasteiger partial charge on any atom is 0.0816 e. The van der Waals surface area contributed by atoms with Gasteiger partial charge in [-0.25, -0.2) is 0 Å². The summed E-state index contributed by atoms with van der Waals surface area (Å²) in [6.07, 6.45) is 5.54. The van der Waals surface area contributed by atoms with Crippen molar-refractivity contribution in [3.05, 3.63) is 33.3 Å². The molecule has 1 aliphatic rings. The lowest BCUT2D eigenvalue weighted by Gasteiger charge is -2.36. The average Bonchev–Trinajstić information content (AvgIpc) is 2.45. The molecular formula is C17H25BrClNO. The van der Waals surface area contributed by atoms with Gasteiger partial charge in [0.2, 0.25) is 0 Å². The number of hydrogen-bond acceptors (Lipinski definition) is 2. The van der Waals surface area contributed by atoms with Crippen LogP contribution in [0.2, 0.25) is 5.02 Å². The fraction of sp³-hybridized carbons (Fsp3) is 0.647. The number of benzene rings is 1.